The van der Waals surface area contributed by atoms with Gasteiger partial charge in [-0.3, -0.25) is 9.78 Å². The lowest BCUT2D eigenvalue weighted by atomic mass is 10.2. The Kier molecular flexibility index (Phi) is 4.84. The molecule has 0 aliphatic rings. The largest absolute Gasteiger partial charge is 0.389 e. The van der Waals surface area contributed by atoms with Crippen LogP contribution in [0.1, 0.15) is 12.8 Å². The molecule has 0 radical (unpaired) electrons. The van der Waals surface area contributed by atoms with Crippen molar-refractivity contribution in [1.82, 2.24) is 14.8 Å². The summed E-state index contributed by atoms with van der Waals surface area (Å²) in [6.07, 6.45) is -1.38. The highest BCUT2D eigenvalue weighted by Crippen LogP contribution is 2.27. The summed E-state index contributed by atoms with van der Waals surface area (Å²) >= 11 is 3.21. The Morgan fingerprint density at radius 1 is 1.45 bits per heavy atom. The van der Waals surface area contributed by atoms with E-state index in [4.69, 9.17) is 0 Å². The lowest BCUT2D eigenvalue weighted by Crippen LogP contribution is -2.27. The van der Waals surface area contributed by atoms with E-state index < -0.39 is 24.9 Å². The van der Waals surface area contributed by atoms with Gasteiger partial charge in [-0.25, -0.2) is 4.68 Å². The highest BCUT2D eigenvalue weighted by Gasteiger charge is 2.29. The van der Waals surface area contributed by atoms with Gasteiger partial charge in [-0.1, -0.05) is 0 Å². The summed E-state index contributed by atoms with van der Waals surface area (Å²) in [7, 11) is 1.41. The van der Waals surface area contributed by atoms with E-state index in [1.165, 1.54) is 11.7 Å². The van der Waals surface area contributed by atoms with Gasteiger partial charge in [-0.05, 0) is 28.1 Å². The molecule has 0 aliphatic carbocycles. The molecular formula is C13H12BrF3N4O. The quantitative estimate of drug-likeness (QED) is 0.822. The molecule has 2 heterocycles. The number of alkyl halides is 3. The Labute approximate surface area is 132 Å². The molecule has 0 N–H and O–H groups in total. The lowest BCUT2D eigenvalue weighted by Gasteiger charge is -2.16. The van der Waals surface area contributed by atoms with E-state index in [-0.39, 0.29) is 0 Å². The maximum atomic E-state index is 12.2. The number of aromatic nitrogens is 3. The molecule has 0 unspecified atom stereocenters. The topological polar surface area (TPSA) is 51.0 Å². The van der Waals surface area contributed by atoms with Gasteiger partial charge in [0.15, 0.2) is 4.60 Å². The molecule has 2 rings (SSSR count). The van der Waals surface area contributed by atoms with Crippen molar-refractivity contribution in [3.05, 3.63) is 35.3 Å². The van der Waals surface area contributed by atoms with Crippen LogP contribution in [0.2, 0.25) is 0 Å². The molecule has 0 aliphatic heterocycles. The molecule has 9 heteroatoms. The fourth-order valence-corrected chi connectivity index (χ4v) is 2.28. The molecule has 0 aromatic carbocycles. The van der Waals surface area contributed by atoms with E-state index in [9.17, 15) is 18.0 Å². The van der Waals surface area contributed by atoms with E-state index in [1.807, 2.05) is 0 Å². The minimum Gasteiger partial charge on any atom is -0.312 e. The third kappa shape index (κ3) is 4.06. The Hall–Kier alpha value is -1.90. The van der Waals surface area contributed by atoms with E-state index >= 15 is 0 Å². The van der Waals surface area contributed by atoms with Gasteiger partial charge >= 0.3 is 6.18 Å². The average molecular weight is 377 g/mol. The molecule has 2 aromatic heterocycles. The summed E-state index contributed by atoms with van der Waals surface area (Å²) in [5.41, 5.74) is 1.06. The standard InChI is InChI=1S/C13H12BrF3N4O/c1-20(11(22)4-5-13(15,16)17)10-8-21(19-12(10)14)9-3-2-6-18-7-9/h2-3,6-8H,4-5H2,1H3. The smallest absolute Gasteiger partial charge is 0.312 e. The first-order valence-corrected chi connectivity index (χ1v) is 7.06. The van der Waals surface area contributed by atoms with Crippen LogP contribution >= 0.6 is 15.9 Å². The molecule has 5 nitrogen and oxygen atoms in total. The summed E-state index contributed by atoms with van der Waals surface area (Å²) in [6, 6.07) is 3.49. The van der Waals surface area contributed by atoms with Crippen molar-refractivity contribution in [1.29, 1.82) is 0 Å². The zero-order valence-electron chi connectivity index (χ0n) is 11.5. The van der Waals surface area contributed by atoms with Crippen LogP contribution < -0.4 is 4.90 Å². The number of amides is 1. The number of carbonyl (C=O) groups is 1. The molecule has 0 saturated heterocycles. The van der Waals surface area contributed by atoms with Gasteiger partial charge in [-0.15, -0.1) is 0 Å². The Morgan fingerprint density at radius 3 is 2.77 bits per heavy atom. The highest BCUT2D eigenvalue weighted by molar-refractivity contribution is 9.10. The number of pyridine rings is 1. The van der Waals surface area contributed by atoms with Crippen LogP contribution in [0.15, 0.2) is 35.3 Å². The maximum absolute atomic E-state index is 12.2. The second kappa shape index (κ2) is 6.47. The van der Waals surface area contributed by atoms with E-state index in [0.717, 1.165) is 4.90 Å². The summed E-state index contributed by atoms with van der Waals surface area (Å²) in [6.45, 7) is 0. The minimum atomic E-state index is -4.35. The molecule has 0 fully saturated rings. The molecular weight excluding hydrogens is 365 g/mol. The number of halogens is 4. The zero-order valence-corrected chi connectivity index (χ0v) is 13.1. The first-order chi connectivity index (χ1) is 10.3. The third-order valence-electron chi connectivity index (χ3n) is 2.92. The number of hydrogen-bond donors (Lipinski definition) is 0. The molecule has 118 valence electrons. The first kappa shape index (κ1) is 16.5. The number of hydrogen-bond acceptors (Lipinski definition) is 3. The van der Waals surface area contributed by atoms with Gasteiger partial charge in [-0.2, -0.15) is 18.3 Å². The van der Waals surface area contributed by atoms with Crippen molar-refractivity contribution in [2.45, 2.75) is 19.0 Å². The van der Waals surface area contributed by atoms with Crippen LogP contribution in [0.4, 0.5) is 18.9 Å². The van der Waals surface area contributed by atoms with Gasteiger partial charge in [0.25, 0.3) is 0 Å². The first-order valence-electron chi connectivity index (χ1n) is 6.27. The number of anilines is 1. The molecule has 22 heavy (non-hydrogen) atoms. The molecule has 0 spiro atoms. The molecule has 1 amide bonds. The van der Waals surface area contributed by atoms with Crippen LogP contribution in [-0.4, -0.2) is 33.9 Å². The monoisotopic (exact) mass is 376 g/mol. The predicted molar refractivity (Wildman–Crippen MR) is 77.8 cm³/mol. The van der Waals surface area contributed by atoms with Gasteiger partial charge in [0, 0.05) is 19.7 Å². The Bertz CT molecular complexity index is 657. The van der Waals surface area contributed by atoms with Gasteiger partial charge in [0.2, 0.25) is 5.91 Å². The predicted octanol–water partition coefficient (Wildman–Crippen LogP) is 3.34. The molecule has 2 aromatic rings. The molecule has 0 bridgehead atoms. The third-order valence-corrected chi connectivity index (χ3v) is 3.48. The maximum Gasteiger partial charge on any atom is 0.389 e. The van der Waals surface area contributed by atoms with Crippen LogP contribution in [0.25, 0.3) is 5.69 Å². The Morgan fingerprint density at radius 2 is 2.18 bits per heavy atom. The van der Waals surface area contributed by atoms with Crippen molar-refractivity contribution in [3.63, 3.8) is 0 Å². The number of rotatable bonds is 4. The van der Waals surface area contributed by atoms with E-state index in [0.29, 0.717) is 16.0 Å². The lowest BCUT2D eigenvalue weighted by molar-refractivity contribution is -0.142. The van der Waals surface area contributed by atoms with Crippen molar-refractivity contribution >= 4 is 27.5 Å². The van der Waals surface area contributed by atoms with Gasteiger partial charge in [0.05, 0.1) is 30.2 Å². The highest BCUT2D eigenvalue weighted by atomic mass is 79.9. The molecule has 0 saturated carbocycles. The van der Waals surface area contributed by atoms with Crippen LogP contribution in [0.3, 0.4) is 0 Å². The van der Waals surface area contributed by atoms with Crippen molar-refractivity contribution in [2.24, 2.45) is 0 Å². The van der Waals surface area contributed by atoms with Crippen LogP contribution in [-0.2, 0) is 4.79 Å². The number of nitrogens with zero attached hydrogens (tertiary/aromatic N) is 4. The summed E-state index contributed by atoms with van der Waals surface area (Å²) in [5, 5.41) is 4.17. The van der Waals surface area contributed by atoms with Crippen molar-refractivity contribution < 1.29 is 18.0 Å². The second-order valence-corrected chi connectivity index (χ2v) is 5.28. The van der Waals surface area contributed by atoms with E-state index in [2.05, 4.69) is 26.0 Å². The normalized spacial score (nSPS) is 11.5. The van der Waals surface area contributed by atoms with Gasteiger partial charge < -0.3 is 4.90 Å². The van der Waals surface area contributed by atoms with Crippen molar-refractivity contribution in [2.75, 3.05) is 11.9 Å². The summed E-state index contributed by atoms with van der Waals surface area (Å²) in [5.74, 6) is -0.635. The molecule has 0 atom stereocenters. The fourth-order valence-electron chi connectivity index (χ4n) is 1.74. The van der Waals surface area contributed by atoms with Crippen LogP contribution in [0.5, 0.6) is 0 Å². The van der Waals surface area contributed by atoms with E-state index in [1.54, 1.807) is 30.7 Å². The SMILES string of the molecule is CN(C(=O)CCC(F)(F)F)c1cn(-c2cccnc2)nc1Br. The fraction of sp³-hybridized carbons (Fsp3) is 0.308. The number of carbonyl (C=O) groups excluding carboxylic acids is 1. The average Bonchev–Trinajstić information content (AvgIpc) is 2.86. The van der Waals surface area contributed by atoms with Crippen molar-refractivity contribution in [3.8, 4) is 5.69 Å². The van der Waals surface area contributed by atoms with Crippen LogP contribution in [0, 0.1) is 0 Å². The minimum absolute atomic E-state index is 0.360. The second-order valence-electron chi connectivity index (χ2n) is 4.53. The summed E-state index contributed by atoms with van der Waals surface area (Å²) in [4.78, 5) is 16.9. The Balaban J connectivity index is 2.15. The van der Waals surface area contributed by atoms with Gasteiger partial charge in [0.1, 0.15) is 0 Å². The zero-order chi connectivity index (χ0) is 16.3. The summed E-state index contributed by atoms with van der Waals surface area (Å²) < 4.78 is 38.4.